The van der Waals surface area contributed by atoms with Gasteiger partial charge in [0.2, 0.25) is 0 Å². The summed E-state index contributed by atoms with van der Waals surface area (Å²) in [5, 5.41) is 43.5. The van der Waals surface area contributed by atoms with Crippen LogP contribution in [0.4, 0.5) is 0 Å². The molecule has 0 rings (SSSR count). The molecule has 0 aromatic carbocycles. The van der Waals surface area contributed by atoms with Crippen molar-refractivity contribution in [2.75, 3.05) is 26.4 Å². The van der Waals surface area contributed by atoms with Crippen LogP contribution in [0.3, 0.4) is 0 Å². The van der Waals surface area contributed by atoms with E-state index in [1.807, 2.05) is 0 Å². The van der Waals surface area contributed by atoms with Gasteiger partial charge in [0.15, 0.2) is 6.29 Å². The highest BCUT2D eigenvalue weighted by molar-refractivity contribution is 4.59. The SMILES string of the molecule is OCC(O)COC(O)C(CO)CO. The van der Waals surface area contributed by atoms with Gasteiger partial charge in [-0.05, 0) is 0 Å². The molecule has 6 heteroatoms. The van der Waals surface area contributed by atoms with Crippen molar-refractivity contribution in [2.24, 2.45) is 5.92 Å². The lowest BCUT2D eigenvalue weighted by molar-refractivity contribution is -0.168. The lowest BCUT2D eigenvalue weighted by atomic mass is 10.2. The van der Waals surface area contributed by atoms with Crippen LogP contribution in [-0.4, -0.2) is 64.4 Å². The molecule has 2 atom stereocenters. The molecule has 0 amide bonds. The highest BCUT2D eigenvalue weighted by Gasteiger charge is 2.18. The molecule has 0 saturated carbocycles. The molecule has 0 aromatic heterocycles. The molecule has 0 aliphatic carbocycles. The molecule has 0 bridgehead atoms. The van der Waals surface area contributed by atoms with Gasteiger partial charge in [0, 0.05) is 0 Å². The third-order valence-corrected chi connectivity index (χ3v) is 1.54. The number of aliphatic hydroxyl groups excluding tert-OH is 5. The lowest BCUT2D eigenvalue weighted by Crippen LogP contribution is -2.33. The Hall–Kier alpha value is -0.240. The largest absolute Gasteiger partial charge is 0.396 e. The molecule has 0 aliphatic heterocycles. The second kappa shape index (κ2) is 7.19. The Morgan fingerprint density at radius 3 is 1.85 bits per heavy atom. The third kappa shape index (κ3) is 5.14. The Balaban J connectivity index is 3.65. The van der Waals surface area contributed by atoms with Crippen molar-refractivity contribution in [3.05, 3.63) is 0 Å². The summed E-state index contributed by atoms with van der Waals surface area (Å²) >= 11 is 0. The number of rotatable bonds is 7. The van der Waals surface area contributed by atoms with E-state index in [1.54, 1.807) is 0 Å². The highest BCUT2D eigenvalue weighted by atomic mass is 16.6. The zero-order chi connectivity index (χ0) is 10.3. The zero-order valence-electron chi connectivity index (χ0n) is 7.20. The van der Waals surface area contributed by atoms with Gasteiger partial charge in [-0.3, -0.25) is 0 Å². The Labute approximate surface area is 76.0 Å². The summed E-state index contributed by atoms with van der Waals surface area (Å²) < 4.78 is 4.66. The fourth-order valence-electron chi connectivity index (χ4n) is 0.637. The standard InChI is InChI=1S/C7H16O6/c8-1-5(2-9)7(12)13-4-6(11)3-10/h5-12H,1-4H2. The minimum absolute atomic E-state index is 0.242. The molecule has 0 radical (unpaired) electrons. The van der Waals surface area contributed by atoms with E-state index in [4.69, 9.17) is 25.5 Å². The van der Waals surface area contributed by atoms with Crippen molar-refractivity contribution in [1.29, 1.82) is 0 Å². The third-order valence-electron chi connectivity index (χ3n) is 1.54. The topological polar surface area (TPSA) is 110 Å². The minimum Gasteiger partial charge on any atom is -0.396 e. The van der Waals surface area contributed by atoms with Crippen LogP contribution in [0.15, 0.2) is 0 Å². The first-order valence-corrected chi connectivity index (χ1v) is 3.96. The van der Waals surface area contributed by atoms with Crippen LogP contribution in [0.1, 0.15) is 0 Å². The van der Waals surface area contributed by atoms with Gasteiger partial charge in [0.25, 0.3) is 0 Å². The maximum absolute atomic E-state index is 9.12. The van der Waals surface area contributed by atoms with E-state index in [1.165, 1.54) is 0 Å². The molecule has 2 unspecified atom stereocenters. The summed E-state index contributed by atoms with van der Waals surface area (Å²) in [4.78, 5) is 0. The predicted octanol–water partition coefficient (Wildman–Crippen LogP) is -2.72. The first-order valence-electron chi connectivity index (χ1n) is 3.96. The van der Waals surface area contributed by atoms with Gasteiger partial charge in [0.1, 0.15) is 6.10 Å². The fraction of sp³-hybridized carbons (Fsp3) is 1.00. The summed E-state index contributed by atoms with van der Waals surface area (Å²) in [6.07, 6.45) is -2.40. The molecule has 0 heterocycles. The Bertz CT molecular complexity index is 116. The highest BCUT2D eigenvalue weighted by Crippen LogP contribution is 2.04. The van der Waals surface area contributed by atoms with Gasteiger partial charge in [-0.15, -0.1) is 0 Å². The molecule has 5 N–H and O–H groups in total. The van der Waals surface area contributed by atoms with Crippen LogP contribution < -0.4 is 0 Å². The first kappa shape index (κ1) is 12.8. The van der Waals surface area contributed by atoms with Crippen molar-refractivity contribution in [2.45, 2.75) is 12.4 Å². The van der Waals surface area contributed by atoms with Crippen LogP contribution in [0.5, 0.6) is 0 Å². The number of ether oxygens (including phenoxy) is 1. The average Bonchev–Trinajstić information content (AvgIpc) is 2.16. The van der Waals surface area contributed by atoms with Crippen LogP contribution in [0.2, 0.25) is 0 Å². The molecule has 13 heavy (non-hydrogen) atoms. The number of aliphatic hydroxyl groups is 5. The van der Waals surface area contributed by atoms with Crippen molar-refractivity contribution >= 4 is 0 Å². The first-order chi connectivity index (χ1) is 6.15. The van der Waals surface area contributed by atoms with Crippen LogP contribution in [0.25, 0.3) is 0 Å². The molecule has 6 nitrogen and oxygen atoms in total. The van der Waals surface area contributed by atoms with Crippen LogP contribution in [0, 0.1) is 5.92 Å². The van der Waals surface area contributed by atoms with E-state index in [2.05, 4.69) is 4.74 Å². The van der Waals surface area contributed by atoms with Crippen molar-refractivity contribution in [3.8, 4) is 0 Å². The van der Waals surface area contributed by atoms with Crippen molar-refractivity contribution < 1.29 is 30.3 Å². The summed E-state index contributed by atoms with van der Waals surface area (Å²) in [6.45, 7) is -1.52. The minimum atomic E-state index is -1.34. The Kier molecular flexibility index (Phi) is 7.06. The maximum Gasteiger partial charge on any atom is 0.161 e. The smallest absolute Gasteiger partial charge is 0.161 e. The quantitative estimate of drug-likeness (QED) is 0.283. The van der Waals surface area contributed by atoms with E-state index in [0.717, 1.165) is 0 Å². The molecule has 0 spiro atoms. The maximum atomic E-state index is 9.12. The van der Waals surface area contributed by atoms with E-state index in [-0.39, 0.29) is 6.61 Å². The zero-order valence-corrected chi connectivity index (χ0v) is 7.20. The van der Waals surface area contributed by atoms with Gasteiger partial charge in [-0.25, -0.2) is 0 Å². The van der Waals surface area contributed by atoms with Crippen LogP contribution in [-0.2, 0) is 4.74 Å². The summed E-state index contributed by atoms with van der Waals surface area (Å²) in [5.74, 6) is -0.786. The second-order valence-corrected chi connectivity index (χ2v) is 2.69. The molecule has 0 aliphatic rings. The summed E-state index contributed by atoms with van der Waals surface area (Å²) in [7, 11) is 0. The van der Waals surface area contributed by atoms with Gasteiger partial charge in [0.05, 0.1) is 32.3 Å². The van der Waals surface area contributed by atoms with Crippen molar-refractivity contribution in [3.63, 3.8) is 0 Å². The second-order valence-electron chi connectivity index (χ2n) is 2.69. The molecule has 0 aromatic rings. The summed E-state index contributed by atoms with van der Waals surface area (Å²) in [5.41, 5.74) is 0. The fourth-order valence-corrected chi connectivity index (χ4v) is 0.637. The van der Waals surface area contributed by atoms with E-state index in [0.29, 0.717) is 0 Å². The normalized spacial score (nSPS) is 16.2. The molecular weight excluding hydrogens is 180 g/mol. The molecule has 0 fully saturated rings. The molecule has 80 valence electrons. The van der Waals surface area contributed by atoms with Gasteiger partial charge in [-0.2, -0.15) is 0 Å². The van der Waals surface area contributed by atoms with E-state index < -0.39 is 38.1 Å². The van der Waals surface area contributed by atoms with E-state index in [9.17, 15) is 0 Å². The lowest BCUT2D eigenvalue weighted by Gasteiger charge is -2.20. The monoisotopic (exact) mass is 196 g/mol. The van der Waals surface area contributed by atoms with Crippen molar-refractivity contribution in [1.82, 2.24) is 0 Å². The van der Waals surface area contributed by atoms with Gasteiger partial charge < -0.3 is 30.3 Å². The van der Waals surface area contributed by atoms with Gasteiger partial charge in [-0.1, -0.05) is 0 Å². The Morgan fingerprint density at radius 1 is 0.923 bits per heavy atom. The average molecular weight is 196 g/mol. The Morgan fingerprint density at radius 2 is 1.46 bits per heavy atom. The molecule has 0 saturated heterocycles. The number of hydrogen-bond donors (Lipinski definition) is 5. The van der Waals surface area contributed by atoms with Gasteiger partial charge >= 0.3 is 0 Å². The summed E-state index contributed by atoms with van der Waals surface area (Å²) in [6, 6.07) is 0. The number of hydrogen-bond acceptors (Lipinski definition) is 6. The van der Waals surface area contributed by atoms with Crippen LogP contribution >= 0.6 is 0 Å². The van der Waals surface area contributed by atoms with E-state index >= 15 is 0 Å². The molecular formula is C7H16O6. The predicted molar refractivity (Wildman–Crippen MR) is 42.7 cm³/mol.